The van der Waals surface area contributed by atoms with E-state index in [-0.39, 0.29) is 24.3 Å². The number of carbonyl (C=O) groups is 2. The zero-order chi connectivity index (χ0) is 19.1. The van der Waals surface area contributed by atoms with Gasteiger partial charge in [0.2, 0.25) is 11.8 Å². The first-order chi connectivity index (χ1) is 12.4. The molecule has 1 aromatic rings. The quantitative estimate of drug-likeness (QED) is 0.741. The zero-order valence-electron chi connectivity index (χ0n) is 15.9. The summed E-state index contributed by atoms with van der Waals surface area (Å²) in [4.78, 5) is 28.2. The lowest BCUT2D eigenvalue weighted by molar-refractivity contribution is -0.132. The monoisotopic (exact) mass is 362 g/mol. The van der Waals surface area contributed by atoms with Crippen molar-refractivity contribution in [3.8, 4) is 0 Å². The van der Waals surface area contributed by atoms with Crippen LogP contribution in [0, 0.1) is 5.92 Å². The van der Waals surface area contributed by atoms with Crippen LogP contribution in [-0.2, 0) is 20.9 Å². The minimum absolute atomic E-state index is 0.0308. The Hall–Kier alpha value is -2.12. The summed E-state index contributed by atoms with van der Waals surface area (Å²) < 4.78 is 5.41. The van der Waals surface area contributed by atoms with Crippen LogP contribution in [0.15, 0.2) is 24.3 Å². The number of morpholine rings is 1. The lowest BCUT2D eigenvalue weighted by atomic mass is 10.1. The fourth-order valence-corrected chi connectivity index (χ4v) is 2.82. The van der Waals surface area contributed by atoms with Crippen molar-refractivity contribution in [1.82, 2.24) is 10.2 Å². The minimum Gasteiger partial charge on any atom is -0.378 e. The van der Waals surface area contributed by atoms with Gasteiger partial charge in [-0.05, 0) is 17.5 Å². The number of nitrogens with zero attached hydrogens (tertiary/aromatic N) is 2. The zero-order valence-corrected chi connectivity index (χ0v) is 15.9. The number of benzene rings is 1. The average molecular weight is 362 g/mol. The van der Waals surface area contributed by atoms with Crippen LogP contribution in [0.3, 0.4) is 0 Å². The Labute approximate surface area is 155 Å². The molecule has 26 heavy (non-hydrogen) atoms. The summed E-state index contributed by atoms with van der Waals surface area (Å²) in [5.41, 5.74) is 8.00. The van der Waals surface area contributed by atoms with Crippen LogP contribution in [-0.4, -0.2) is 62.7 Å². The summed E-state index contributed by atoms with van der Waals surface area (Å²) in [6.45, 7) is 7.31. The number of nitrogens with one attached hydrogen (secondary N) is 1. The van der Waals surface area contributed by atoms with Gasteiger partial charge in [0.25, 0.3) is 0 Å². The van der Waals surface area contributed by atoms with E-state index >= 15 is 0 Å². The molecule has 0 spiro atoms. The van der Waals surface area contributed by atoms with Gasteiger partial charge in [0, 0.05) is 32.4 Å². The Kier molecular flexibility index (Phi) is 7.41. The molecule has 1 saturated heterocycles. The number of carbonyl (C=O) groups excluding carboxylic acids is 2. The van der Waals surface area contributed by atoms with E-state index in [1.165, 1.54) is 0 Å². The Morgan fingerprint density at radius 1 is 1.27 bits per heavy atom. The van der Waals surface area contributed by atoms with Crippen LogP contribution in [0.25, 0.3) is 0 Å². The number of anilines is 1. The maximum atomic E-state index is 12.4. The van der Waals surface area contributed by atoms with Gasteiger partial charge >= 0.3 is 0 Å². The first-order valence-corrected chi connectivity index (χ1v) is 9.08. The highest BCUT2D eigenvalue weighted by Gasteiger charge is 2.20. The van der Waals surface area contributed by atoms with Crippen molar-refractivity contribution in [1.29, 1.82) is 0 Å². The molecule has 7 nitrogen and oxygen atoms in total. The normalized spacial score (nSPS) is 15.7. The van der Waals surface area contributed by atoms with Crippen molar-refractivity contribution >= 4 is 17.5 Å². The van der Waals surface area contributed by atoms with E-state index in [1.807, 2.05) is 32.0 Å². The van der Waals surface area contributed by atoms with Crippen molar-refractivity contribution in [2.24, 2.45) is 11.7 Å². The fraction of sp³-hybridized carbons (Fsp3) is 0.579. The summed E-state index contributed by atoms with van der Waals surface area (Å²) in [5.74, 6) is -0.412. The van der Waals surface area contributed by atoms with Crippen LogP contribution in [0.4, 0.5) is 5.69 Å². The molecular weight excluding hydrogens is 332 g/mol. The highest BCUT2D eigenvalue weighted by molar-refractivity contribution is 5.87. The third-order valence-corrected chi connectivity index (χ3v) is 4.61. The maximum Gasteiger partial charge on any atom is 0.242 e. The van der Waals surface area contributed by atoms with Crippen LogP contribution >= 0.6 is 0 Å². The molecule has 0 aliphatic carbocycles. The van der Waals surface area contributed by atoms with Crippen molar-refractivity contribution in [3.05, 3.63) is 29.8 Å². The van der Waals surface area contributed by atoms with Gasteiger partial charge in [-0.1, -0.05) is 32.0 Å². The second-order valence-electron chi connectivity index (χ2n) is 6.97. The summed E-state index contributed by atoms with van der Waals surface area (Å²) in [6.07, 6.45) is 0. The highest BCUT2D eigenvalue weighted by atomic mass is 16.5. The molecule has 1 atom stereocenters. The smallest absolute Gasteiger partial charge is 0.242 e. The molecule has 0 radical (unpaired) electrons. The number of hydrogen-bond donors (Lipinski definition) is 2. The molecule has 3 N–H and O–H groups in total. The van der Waals surface area contributed by atoms with Crippen LogP contribution in [0.5, 0.6) is 0 Å². The largest absolute Gasteiger partial charge is 0.378 e. The molecule has 1 aromatic carbocycles. The Bertz CT molecular complexity index is 615. The van der Waals surface area contributed by atoms with Crippen molar-refractivity contribution in [2.75, 3.05) is 44.8 Å². The molecule has 0 saturated carbocycles. The van der Waals surface area contributed by atoms with E-state index in [4.69, 9.17) is 10.5 Å². The fourth-order valence-electron chi connectivity index (χ4n) is 2.82. The summed E-state index contributed by atoms with van der Waals surface area (Å²) in [7, 11) is 1.74. The number of amides is 2. The van der Waals surface area contributed by atoms with Crippen molar-refractivity contribution in [3.63, 3.8) is 0 Å². The minimum atomic E-state index is -0.602. The molecule has 2 amide bonds. The van der Waals surface area contributed by atoms with Crippen molar-refractivity contribution in [2.45, 2.75) is 26.4 Å². The van der Waals surface area contributed by atoms with Crippen molar-refractivity contribution < 1.29 is 14.3 Å². The Balaban J connectivity index is 1.93. The first-order valence-electron chi connectivity index (χ1n) is 9.08. The van der Waals surface area contributed by atoms with Crippen LogP contribution < -0.4 is 16.0 Å². The number of ether oxygens (including phenoxy) is 1. The van der Waals surface area contributed by atoms with Gasteiger partial charge in [0.1, 0.15) is 0 Å². The number of para-hydroxylation sites is 1. The summed E-state index contributed by atoms with van der Waals surface area (Å²) in [5, 5.41) is 2.63. The van der Waals surface area contributed by atoms with Gasteiger partial charge in [0.15, 0.2) is 0 Å². The third-order valence-electron chi connectivity index (χ3n) is 4.61. The van der Waals surface area contributed by atoms with Gasteiger partial charge in [-0.25, -0.2) is 0 Å². The van der Waals surface area contributed by atoms with E-state index in [2.05, 4.69) is 16.3 Å². The second kappa shape index (κ2) is 9.54. The lowest BCUT2D eigenvalue weighted by Crippen LogP contribution is -2.47. The van der Waals surface area contributed by atoms with E-state index < -0.39 is 6.04 Å². The van der Waals surface area contributed by atoms with E-state index in [9.17, 15) is 9.59 Å². The molecule has 0 unspecified atom stereocenters. The Morgan fingerprint density at radius 2 is 1.92 bits per heavy atom. The molecule has 2 rings (SSSR count). The third kappa shape index (κ3) is 5.44. The van der Waals surface area contributed by atoms with E-state index in [0.717, 1.165) is 24.3 Å². The second-order valence-corrected chi connectivity index (χ2v) is 6.97. The van der Waals surface area contributed by atoms with Gasteiger partial charge < -0.3 is 25.6 Å². The number of nitrogens with two attached hydrogens (primary N) is 1. The number of hydrogen-bond acceptors (Lipinski definition) is 5. The average Bonchev–Trinajstić information content (AvgIpc) is 2.66. The van der Waals surface area contributed by atoms with E-state index in [1.54, 1.807) is 11.9 Å². The predicted octanol–water partition coefficient (Wildman–Crippen LogP) is 0.581. The molecular formula is C19H30N4O3. The number of rotatable bonds is 7. The predicted molar refractivity (Wildman–Crippen MR) is 102 cm³/mol. The molecule has 1 aliphatic heterocycles. The summed E-state index contributed by atoms with van der Waals surface area (Å²) in [6, 6.07) is 7.48. The molecule has 1 aliphatic rings. The van der Waals surface area contributed by atoms with Gasteiger partial charge in [-0.15, -0.1) is 0 Å². The molecule has 144 valence electrons. The molecule has 0 bridgehead atoms. The number of likely N-dealkylation sites (N-methyl/N-ethyl adjacent to an activating group) is 1. The summed E-state index contributed by atoms with van der Waals surface area (Å²) >= 11 is 0. The maximum absolute atomic E-state index is 12.4. The van der Waals surface area contributed by atoms with Crippen LogP contribution in [0.1, 0.15) is 19.4 Å². The first kappa shape index (κ1) is 20.2. The van der Waals surface area contributed by atoms with Gasteiger partial charge in [0.05, 0.1) is 25.8 Å². The standard InChI is InChI=1S/C19H30N4O3/c1-14(2)18(20)19(25)21-12-17(24)22(3)13-15-6-4-5-7-16(15)23-8-10-26-11-9-23/h4-7,14,18H,8-13,20H2,1-3H3,(H,21,25)/t18-/m0/s1. The van der Waals surface area contributed by atoms with Gasteiger partial charge in [-0.2, -0.15) is 0 Å². The SMILES string of the molecule is CC(C)[C@H](N)C(=O)NCC(=O)N(C)Cc1ccccc1N1CCOCC1. The van der Waals surface area contributed by atoms with E-state index in [0.29, 0.717) is 19.8 Å². The molecule has 1 fully saturated rings. The Morgan fingerprint density at radius 3 is 2.58 bits per heavy atom. The highest BCUT2D eigenvalue weighted by Crippen LogP contribution is 2.22. The molecule has 0 aromatic heterocycles. The van der Waals surface area contributed by atoms with Crippen LogP contribution in [0.2, 0.25) is 0 Å². The lowest BCUT2D eigenvalue weighted by Gasteiger charge is -2.31. The molecule has 7 heteroatoms. The molecule has 1 heterocycles. The topological polar surface area (TPSA) is 87.9 Å². The van der Waals surface area contributed by atoms with Gasteiger partial charge in [-0.3, -0.25) is 9.59 Å².